The van der Waals surface area contributed by atoms with Crippen LogP contribution in [0.5, 0.6) is 0 Å². The van der Waals surface area contributed by atoms with Gasteiger partial charge in [0.1, 0.15) is 0 Å². The Morgan fingerprint density at radius 1 is 1.19 bits per heavy atom. The quantitative estimate of drug-likeness (QED) is 0.640. The molecule has 2 aromatic heterocycles. The van der Waals surface area contributed by atoms with Gasteiger partial charge in [-0.05, 0) is 70.1 Å². The SMILES string of the molecule is CC(C)N1CCC(NC(=O)c2n[nH]c3ccc(-c4cncc(CN(C)C)c4)cc23)CC1. The van der Waals surface area contributed by atoms with Crippen molar-refractivity contribution in [1.82, 2.24) is 30.3 Å². The van der Waals surface area contributed by atoms with Crippen molar-refractivity contribution in [2.24, 2.45) is 0 Å². The second-order valence-electron chi connectivity index (χ2n) is 9.03. The van der Waals surface area contributed by atoms with Crippen LogP contribution in [0.15, 0.2) is 36.7 Å². The second-order valence-corrected chi connectivity index (χ2v) is 9.03. The highest BCUT2D eigenvalue weighted by Gasteiger charge is 2.24. The molecule has 3 aromatic rings. The van der Waals surface area contributed by atoms with Gasteiger partial charge in [0, 0.05) is 55.1 Å². The highest BCUT2D eigenvalue weighted by Crippen LogP contribution is 2.26. The maximum atomic E-state index is 13.0. The first kappa shape index (κ1) is 21.5. The van der Waals surface area contributed by atoms with Gasteiger partial charge < -0.3 is 15.1 Å². The van der Waals surface area contributed by atoms with Gasteiger partial charge in [0.05, 0.1) is 5.52 Å². The van der Waals surface area contributed by atoms with E-state index >= 15 is 0 Å². The Balaban J connectivity index is 1.53. The molecule has 2 N–H and O–H groups in total. The van der Waals surface area contributed by atoms with Gasteiger partial charge in [-0.25, -0.2) is 0 Å². The lowest BCUT2D eigenvalue weighted by Gasteiger charge is -2.34. The lowest BCUT2D eigenvalue weighted by atomic mass is 10.0. The van der Waals surface area contributed by atoms with Gasteiger partial charge in [0.25, 0.3) is 5.91 Å². The Hall–Kier alpha value is -2.77. The van der Waals surface area contributed by atoms with Crippen molar-refractivity contribution in [3.63, 3.8) is 0 Å². The third kappa shape index (κ3) is 4.94. The van der Waals surface area contributed by atoms with Crippen molar-refractivity contribution in [2.45, 2.75) is 45.3 Å². The van der Waals surface area contributed by atoms with E-state index in [0.717, 1.165) is 60.1 Å². The van der Waals surface area contributed by atoms with E-state index in [2.05, 4.69) is 50.2 Å². The molecule has 1 aromatic carbocycles. The smallest absolute Gasteiger partial charge is 0.272 e. The minimum absolute atomic E-state index is 0.106. The Labute approximate surface area is 183 Å². The number of aromatic amines is 1. The number of carbonyl (C=O) groups is 1. The molecule has 0 aliphatic carbocycles. The maximum absolute atomic E-state index is 13.0. The molecule has 0 bridgehead atoms. The van der Waals surface area contributed by atoms with Gasteiger partial charge in [0.15, 0.2) is 5.69 Å². The summed E-state index contributed by atoms with van der Waals surface area (Å²) in [6.45, 7) is 7.31. The number of likely N-dealkylation sites (tertiary alicyclic amines) is 1. The summed E-state index contributed by atoms with van der Waals surface area (Å²) < 4.78 is 0. The molecule has 3 heterocycles. The molecule has 4 rings (SSSR count). The van der Waals surface area contributed by atoms with E-state index in [0.29, 0.717) is 11.7 Å². The molecule has 164 valence electrons. The fraction of sp³-hybridized carbons (Fsp3) is 0.458. The van der Waals surface area contributed by atoms with Crippen LogP contribution >= 0.6 is 0 Å². The predicted molar refractivity (Wildman–Crippen MR) is 124 cm³/mol. The lowest BCUT2D eigenvalue weighted by Crippen LogP contribution is -2.46. The molecule has 1 fully saturated rings. The van der Waals surface area contributed by atoms with Crippen LogP contribution in [0.3, 0.4) is 0 Å². The molecular weight excluding hydrogens is 388 g/mol. The zero-order chi connectivity index (χ0) is 22.0. The average molecular weight is 421 g/mol. The van der Waals surface area contributed by atoms with Crippen LogP contribution in [-0.2, 0) is 6.54 Å². The van der Waals surface area contributed by atoms with Crippen LogP contribution in [0.4, 0.5) is 0 Å². The van der Waals surface area contributed by atoms with Crippen LogP contribution in [0.1, 0.15) is 42.7 Å². The van der Waals surface area contributed by atoms with Gasteiger partial charge in [-0.1, -0.05) is 6.07 Å². The van der Waals surface area contributed by atoms with Crippen LogP contribution in [0.25, 0.3) is 22.0 Å². The first-order chi connectivity index (χ1) is 14.9. The summed E-state index contributed by atoms with van der Waals surface area (Å²) in [4.78, 5) is 22.0. The monoisotopic (exact) mass is 420 g/mol. The summed E-state index contributed by atoms with van der Waals surface area (Å²) >= 11 is 0. The fourth-order valence-electron chi connectivity index (χ4n) is 4.28. The fourth-order valence-corrected chi connectivity index (χ4v) is 4.28. The third-order valence-corrected chi connectivity index (χ3v) is 6.00. The number of pyridine rings is 1. The number of benzene rings is 1. The molecule has 1 aliphatic heterocycles. The largest absolute Gasteiger partial charge is 0.348 e. The molecule has 0 saturated carbocycles. The number of nitrogens with zero attached hydrogens (tertiary/aromatic N) is 4. The van der Waals surface area contributed by atoms with E-state index in [1.807, 2.05) is 44.7 Å². The van der Waals surface area contributed by atoms with Gasteiger partial charge in [-0.15, -0.1) is 0 Å². The van der Waals surface area contributed by atoms with Crippen molar-refractivity contribution in [3.8, 4) is 11.1 Å². The number of hydrogen-bond acceptors (Lipinski definition) is 5. The first-order valence-electron chi connectivity index (χ1n) is 11.0. The van der Waals surface area contributed by atoms with Crippen molar-refractivity contribution >= 4 is 16.8 Å². The minimum Gasteiger partial charge on any atom is -0.348 e. The van der Waals surface area contributed by atoms with E-state index in [4.69, 9.17) is 0 Å². The summed E-state index contributed by atoms with van der Waals surface area (Å²) in [7, 11) is 4.09. The van der Waals surface area contributed by atoms with Crippen LogP contribution in [0.2, 0.25) is 0 Å². The van der Waals surface area contributed by atoms with Crippen molar-refractivity contribution in [1.29, 1.82) is 0 Å². The summed E-state index contributed by atoms with van der Waals surface area (Å²) in [6.07, 6.45) is 5.70. The number of amides is 1. The Morgan fingerprint density at radius 2 is 1.97 bits per heavy atom. The summed E-state index contributed by atoms with van der Waals surface area (Å²) in [5.74, 6) is -0.106. The summed E-state index contributed by atoms with van der Waals surface area (Å²) in [5.41, 5.74) is 4.54. The molecule has 7 nitrogen and oxygen atoms in total. The highest BCUT2D eigenvalue weighted by atomic mass is 16.2. The zero-order valence-corrected chi connectivity index (χ0v) is 18.9. The molecule has 0 spiro atoms. The molecule has 1 aliphatic rings. The van der Waals surface area contributed by atoms with E-state index in [-0.39, 0.29) is 11.9 Å². The average Bonchev–Trinajstić information content (AvgIpc) is 3.17. The number of aromatic nitrogens is 3. The molecule has 1 amide bonds. The third-order valence-electron chi connectivity index (χ3n) is 6.00. The van der Waals surface area contributed by atoms with Crippen LogP contribution in [-0.4, -0.2) is 70.2 Å². The van der Waals surface area contributed by atoms with Crippen molar-refractivity contribution in [2.75, 3.05) is 27.2 Å². The van der Waals surface area contributed by atoms with Crippen molar-refractivity contribution < 1.29 is 4.79 Å². The first-order valence-corrected chi connectivity index (χ1v) is 11.0. The molecule has 0 unspecified atom stereocenters. The summed E-state index contributed by atoms with van der Waals surface area (Å²) in [5, 5.41) is 11.4. The van der Waals surface area contributed by atoms with Gasteiger partial charge in [-0.2, -0.15) is 5.10 Å². The summed E-state index contributed by atoms with van der Waals surface area (Å²) in [6, 6.07) is 8.96. The number of rotatable bonds is 6. The van der Waals surface area contributed by atoms with Gasteiger partial charge in [-0.3, -0.25) is 14.9 Å². The molecule has 0 radical (unpaired) electrons. The molecule has 7 heteroatoms. The molecular formula is C24H32N6O. The van der Waals surface area contributed by atoms with Gasteiger partial charge in [0.2, 0.25) is 0 Å². The van der Waals surface area contributed by atoms with E-state index in [1.165, 1.54) is 0 Å². The Bertz CT molecular complexity index is 1050. The number of piperidine rings is 1. The van der Waals surface area contributed by atoms with Gasteiger partial charge >= 0.3 is 0 Å². The topological polar surface area (TPSA) is 77.1 Å². The number of nitrogens with one attached hydrogen (secondary N) is 2. The molecule has 31 heavy (non-hydrogen) atoms. The van der Waals surface area contributed by atoms with E-state index in [1.54, 1.807) is 0 Å². The number of H-pyrrole nitrogens is 1. The molecule has 1 saturated heterocycles. The number of carbonyl (C=O) groups excluding carboxylic acids is 1. The van der Waals surface area contributed by atoms with Crippen molar-refractivity contribution in [3.05, 3.63) is 47.9 Å². The zero-order valence-electron chi connectivity index (χ0n) is 18.9. The number of hydrogen-bond donors (Lipinski definition) is 2. The Kier molecular flexibility index (Phi) is 6.34. The minimum atomic E-state index is -0.106. The van der Waals surface area contributed by atoms with Crippen LogP contribution < -0.4 is 5.32 Å². The predicted octanol–water partition coefficient (Wildman–Crippen LogP) is 3.29. The molecule has 0 atom stereocenters. The van der Waals surface area contributed by atoms with E-state index in [9.17, 15) is 4.79 Å². The standard InChI is InChI=1S/C24H32N6O/c1-16(2)30-9-7-20(8-10-30)26-24(31)23-21-12-18(5-6-22(21)27-28-23)19-11-17(13-25-14-19)15-29(3)4/h5-6,11-14,16,20H,7-10,15H2,1-4H3,(H,26,31)(H,27,28). The maximum Gasteiger partial charge on any atom is 0.272 e. The van der Waals surface area contributed by atoms with E-state index < -0.39 is 0 Å². The normalized spacial score (nSPS) is 15.8. The highest BCUT2D eigenvalue weighted by molar-refractivity contribution is 6.05. The van der Waals surface area contributed by atoms with Crippen LogP contribution in [0, 0.1) is 0 Å². The number of fused-ring (bicyclic) bond motifs is 1. The lowest BCUT2D eigenvalue weighted by molar-refractivity contribution is 0.0897. The Morgan fingerprint density at radius 3 is 2.68 bits per heavy atom. The second kappa shape index (κ2) is 9.16.